The maximum absolute atomic E-state index is 5.51. The molecule has 4 nitrogen and oxygen atoms in total. The van der Waals surface area contributed by atoms with Crippen molar-refractivity contribution in [2.75, 3.05) is 0 Å². The fourth-order valence-electron chi connectivity index (χ4n) is 4.58. The fraction of sp³-hybridized carbons (Fsp3) is 0.500. The van der Waals surface area contributed by atoms with Gasteiger partial charge in [0.25, 0.3) is 0 Å². The molecule has 4 rings (SSSR count). The number of benzene rings is 1. The van der Waals surface area contributed by atoms with E-state index in [1.807, 2.05) is 12.1 Å². The number of thiocarbonyl (C=S) groups is 1. The summed E-state index contributed by atoms with van der Waals surface area (Å²) < 4.78 is 5.36. The second-order valence-corrected chi connectivity index (χ2v) is 8.38. The van der Waals surface area contributed by atoms with Gasteiger partial charge in [-0.15, -0.1) is 0 Å². The largest absolute Gasteiger partial charge is 0.467 e. The Kier molecular flexibility index (Phi) is 5.79. The first-order valence-electron chi connectivity index (χ1n) is 10.1. The summed E-state index contributed by atoms with van der Waals surface area (Å²) in [5, 5.41) is 7.56. The van der Waals surface area contributed by atoms with Crippen molar-refractivity contribution in [1.29, 1.82) is 0 Å². The van der Waals surface area contributed by atoms with E-state index >= 15 is 0 Å². The van der Waals surface area contributed by atoms with Gasteiger partial charge in [0, 0.05) is 24.7 Å². The van der Waals surface area contributed by atoms with E-state index in [0.717, 1.165) is 17.4 Å². The summed E-state index contributed by atoms with van der Waals surface area (Å²) in [7, 11) is 0. The molecule has 0 unspecified atom stereocenters. The Bertz CT molecular complexity index is 729. The molecule has 1 aromatic carbocycles. The van der Waals surface area contributed by atoms with E-state index in [-0.39, 0.29) is 0 Å². The normalized spacial score (nSPS) is 25.1. The van der Waals surface area contributed by atoms with E-state index in [0.29, 0.717) is 24.7 Å². The van der Waals surface area contributed by atoms with Gasteiger partial charge in [-0.3, -0.25) is 4.90 Å². The van der Waals surface area contributed by atoms with Crippen molar-refractivity contribution in [2.24, 2.45) is 0 Å². The Hall–Kier alpha value is -1.85. The van der Waals surface area contributed by atoms with Crippen molar-refractivity contribution in [3.63, 3.8) is 0 Å². The SMILES string of the molecule is Cc1ccc(CN2[C@H]3CCC[C@H]2CC(NC(=S)NCc2ccco2)C3)cc1. The molecule has 0 amide bonds. The van der Waals surface area contributed by atoms with Crippen LogP contribution in [0.15, 0.2) is 47.1 Å². The minimum absolute atomic E-state index is 0.464. The Morgan fingerprint density at radius 1 is 1.15 bits per heavy atom. The number of nitrogens with zero attached hydrogens (tertiary/aromatic N) is 1. The molecule has 1 aromatic heterocycles. The molecule has 2 aliphatic rings. The van der Waals surface area contributed by atoms with Gasteiger partial charge in [0.15, 0.2) is 5.11 Å². The van der Waals surface area contributed by atoms with Crippen molar-refractivity contribution in [3.05, 3.63) is 59.5 Å². The van der Waals surface area contributed by atoms with E-state index in [9.17, 15) is 0 Å². The van der Waals surface area contributed by atoms with Gasteiger partial charge in [-0.2, -0.15) is 0 Å². The Morgan fingerprint density at radius 3 is 2.56 bits per heavy atom. The van der Waals surface area contributed by atoms with Crippen LogP contribution in [0.3, 0.4) is 0 Å². The standard InChI is InChI=1S/C22H29N3OS/c1-16-7-9-17(10-8-16)15-25-19-4-2-5-20(25)13-18(12-19)24-22(27)23-14-21-6-3-11-26-21/h3,6-11,18-20H,2,4-5,12-15H2,1H3,(H2,23,24,27)/t19-,20-/m0/s1. The molecule has 2 aromatic rings. The minimum atomic E-state index is 0.464. The Balaban J connectivity index is 1.32. The molecule has 2 aliphatic heterocycles. The first-order chi connectivity index (χ1) is 13.2. The lowest BCUT2D eigenvalue weighted by Crippen LogP contribution is -2.57. The highest BCUT2D eigenvalue weighted by molar-refractivity contribution is 7.80. The third kappa shape index (κ3) is 4.71. The quantitative estimate of drug-likeness (QED) is 0.760. The van der Waals surface area contributed by atoms with E-state index < -0.39 is 0 Å². The first kappa shape index (κ1) is 18.5. The van der Waals surface area contributed by atoms with Crippen LogP contribution in [0.4, 0.5) is 0 Å². The molecule has 5 heteroatoms. The summed E-state index contributed by atoms with van der Waals surface area (Å²) in [4.78, 5) is 2.74. The van der Waals surface area contributed by atoms with Crippen LogP contribution in [0.1, 0.15) is 49.0 Å². The molecule has 2 atom stereocenters. The number of furan rings is 1. The predicted molar refractivity (Wildman–Crippen MR) is 112 cm³/mol. The summed E-state index contributed by atoms with van der Waals surface area (Å²) in [5.41, 5.74) is 2.76. The van der Waals surface area contributed by atoms with Gasteiger partial charge in [0.05, 0.1) is 12.8 Å². The monoisotopic (exact) mass is 383 g/mol. The average Bonchev–Trinajstić information content (AvgIpc) is 3.16. The molecular formula is C22H29N3OS. The van der Waals surface area contributed by atoms with Crippen molar-refractivity contribution in [3.8, 4) is 0 Å². The lowest BCUT2D eigenvalue weighted by molar-refractivity contribution is 0.0210. The van der Waals surface area contributed by atoms with Crippen LogP contribution >= 0.6 is 12.2 Å². The number of hydrogen-bond donors (Lipinski definition) is 2. The molecule has 0 radical (unpaired) electrons. The van der Waals surface area contributed by atoms with Gasteiger partial charge in [-0.1, -0.05) is 36.2 Å². The van der Waals surface area contributed by atoms with Crippen molar-refractivity contribution >= 4 is 17.3 Å². The van der Waals surface area contributed by atoms with Crippen LogP contribution in [-0.4, -0.2) is 28.1 Å². The van der Waals surface area contributed by atoms with Crippen LogP contribution < -0.4 is 10.6 Å². The second-order valence-electron chi connectivity index (χ2n) is 7.97. The van der Waals surface area contributed by atoms with Gasteiger partial charge in [-0.25, -0.2) is 0 Å². The highest BCUT2D eigenvalue weighted by Gasteiger charge is 2.38. The number of piperidine rings is 2. The number of nitrogens with one attached hydrogen (secondary N) is 2. The number of aryl methyl sites for hydroxylation is 1. The Labute approximate surface area is 167 Å². The maximum Gasteiger partial charge on any atom is 0.166 e. The van der Waals surface area contributed by atoms with Gasteiger partial charge in [0.2, 0.25) is 0 Å². The molecule has 2 N–H and O–H groups in total. The van der Waals surface area contributed by atoms with Crippen molar-refractivity contribution in [1.82, 2.24) is 15.5 Å². The zero-order chi connectivity index (χ0) is 18.6. The fourth-order valence-corrected chi connectivity index (χ4v) is 4.81. The number of hydrogen-bond acceptors (Lipinski definition) is 3. The summed E-state index contributed by atoms with van der Waals surface area (Å²) in [5.74, 6) is 0.906. The minimum Gasteiger partial charge on any atom is -0.467 e. The zero-order valence-corrected chi connectivity index (χ0v) is 16.8. The number of fused-ring (bicyclic) bond motifs is 2. The van der Waals surface area contributed by atoms with Gasteiger partial charge in [-0.05, 0) is 62.5 Å². The third-order valence-electron chi connectivity index (χ3n) is 5.95. The Morgan fingerprint density at radius 2 is 1.89 bits per heavy atom. The van der Waals surface area contributed by atoms with Crippen molar-refractivity contribution < 1.29 is 4.42 Å². The van der Waals surface area contributed by atoms with E-state index in [1.165, 1.54) is 43.2 Å². The van der Waals surface area contributed by atoms with Gasteiger partial charge < -0.3 is 15.1 Å². The highest BCUT2D eigenvalue weighted by Crippen LogP contribution is 2.35. The molecule has 2 saturated heterocycles. The van der Waals surface area contributed by atoms with E-state index in [4.69, 9.17) is 16.6 Å². The first-order valence-corrected chi connectivity index (χ1v) is 10.5. The maximum atomic E-state index is 5.51. The molecule has 2 bridgehead atoms. The molecule has 27 heavy (non-hydrogen) atoms. The summed E-state index contributed by atoms with van der Waals surface area (Å²) in [6.45, 7) is 3.86. The molecule has 3 heterocycles. The molecule has 0 saturated carbocycles. The smallest absolute Gasteiger partial charge is 0.166 e. The lowest BCUT2D eigenvalue weighted by atomic mass is 9.81. The van der Waals surface area contributed by atoms with Crippen LogP contribution in [-0.2, 0) is 13.1 Å². The zero-order valence-electron chi connectivity index (χ0n) is 16.0. The topological polar surface area (TPSA) is 40.4 Å². The van der Waals surface area contributed by atoms with E-state index in [2.05, 4.69) is 46.7 Å². The van der Waals surface area contributed by atoms with Crippen LogP contribution in [0, 0.1) is 6.92 Å². The summed E-state index contributed by atoms with van der Waals surface area (Å²) in [6.07, 6.45) is 7.99. The molecular weight excluding hydrogens is 354 g/mol. The van der Waals surface area contributed by atoms with E-state index in [1.54, 1.807) is 6.26 Å². The highest BCUT2D eigenvalue weighted by atomic mass is 32.1. The van der Waals surface area contributed by atoms with Crippen LogP contribution in [0.5, 0.6) is 0 Å². The molecule has 0 spiro atoms. The van der Waals surface area contributed by atoms with Gasteiger partial charge >= 0.3 is 0 Å². The summed E-state index contributed by atoms with van der Waals surface area (Å²) in [6, 6.07) is 14.7. The third-order valence-corrected chi connectivity index (χ3v) is 6.21. The molecule has 144 valence electrons. The van der Waals surface area contributed by atoms with Crippen molar-refractivity contribution in [2.45, 2.75) is 70.2 Å². The predicted octanol–water partition coefficient (Wildman–Crippen LogP) is 4.14. The van der Waals surface area contributed by atoms with Gasteiger partial charge in [0.1, 0.15) is 5.76 Å². The average molecular weight is 384 g/mol. The summed E-state index contributed by atoms with van der Waals surface area (Å²) >= 11 is 5.51. The lowest BCUT2D eigenvalue weighted by Gasteiger charge is -2.49. The molecule has 2 fully saturated rings. The number of rotatable bonds is 5. The van der Waals surface area contributed by atoms with Crippen LogP contribution in [0.25, 0.3) is 0 Å². The molecule has 0 aliphatic carbocycles. The van der Waals surface area contributed by atoms with Crippen LogP contribution in [0.2, 0.25) is 0 Å². The second kappa shape index (κ2) is 8.44.